The number of halogens is 1. The van der Waals surface area contributed by atoms with Crippen molar-refractivity contribution < 1.29 is 9.90 Å². The molecule has 0 aliphatic rings. The fourth-order valence-electron chi connectivity index (χ4n) is 1.57. The van der Waals surface area contributed by atoms with Crippen LogP contribution < -0.4 is 5.73 Å². The average molecular weight is 332 g/mol. The number of aliphatic carboxylic acids is 1. The second-order valence-electron chi connectivity index (χ2n) is 4.17. The number of hydrogen-bond donors (Lipinski definition) is 2. The molecule has 0 aliphatic heterocycles. The van der Waals surface area contributed by atoms with E-state index in [1.165, 1.54) is 5.56 Å². The van der Waals surface area contributed by atoms with Crippen molar-refractivity contribution in [3.63, 3.8) is 0 Å². The Bertz CT molecular complexity index is 370. The predicted molar refractivity (Wildman–Crippen MR) is 79.7 cm³/mol. The van der Waals surface area contributed by atoms with Gasteiger partial charge in [0.25, 0.3) is 0 Å². The van der Waals surface area contributed by atoms with E-state index in [0.717, 1.165) is 22.4 Å². The first-order chi connectivity index (χ1) is 8.61. The Balaban J connectivity index is 2.21. The van der Waals surface area contributed by atoms with Crippen molar-refractivity contribution in [1.82, 2.24) is 0 Å². The molecule has 3 nitrogen and oxygen atoms in total. The summed E-state index contributed by atoms with van der Waals surface area (Å²) >= 11 is 5.22. The third-order valence-electron chi connectivity index (χ3n) is 2.65. The molecule has 0 bridgehead atoms. The zero-order valence-electron chi connectivity index (χ0n) is 10.1. The molecule has 0 fully saturated rings. The fourth-order valence-corrected chi connectivity index (χ4v) is 2.91. The topological polar surface area (TPSA) is 63.3 Å². The molecule has 0 amide bonds. The molecule has 0 heterocycles. The van der Waals surface area contributed by atoms with E-state index in [0.29, 0.717) is 6.54 Å². The van der Waals surface area contributed by atoms with Crippen LogP contribution in [0.1, 0.15) is 18.4 Å². The molecule has 0 aliphatic carbocycles. The number of nitrogens with two attached hydrogens (primary N) is 1. The van der Waals surface area contributed by atoms with Crippen LogP contribution in [0, 0.1) is 5.92 Å². The quantitative estimate of drug-likeness (QED) is 0.718. The Morgan fingerprint density at radius 3 is 2.61 bits per heavy atom. The predicted octanol–water partition coefficient (Wildman–Crippen LogP) is 3.12. The molecule has 1 unspecified atom stereocenters. The first-order valence-electron chi connectivity index (χ1n) is 5.86. The minimum absolute atomic E-state index is 0.0971. The average Bonchev–Trinajstić information content (AvgIpc) is 2.34. The van der Waals surface area contributed by atoms with Crippen LogP contribution in [0.4, 0.5) is 0 Å². The maximum absolute atomic E-state index is 10.6. The van der Waals surface area contributed by atoms with Gasteiger partial charge in [0.05, 0.1) is 0 Å². The summed E-state index contributed by atoms with van der Waals surface area (Å²) in [5.41, 5.74) is 6.84. The molecule has 1 aromatic carbocycles. The van der Waals surface area contributed by atoms with E-state index in [4.69, 9.17) is 10.8 Å². The molecule has 0 aromatic heterocycles. The van der Waals surface area contributed by atoms with E-state index < -0.39 is 5.97 Å². The first kappa shape index (κ1) is 15.5. The highest BCUT2D eigenvalue weighted by Gasteiger charge is 2.10. The lowest BCUT2D eigenvalue weighted by molar-refractivity contribution is -0.138. The molecule has 1 rings (SSSR count). The van der Waals surface area contributed by atoms with Gasteiger partial charge in [-0.05, 0) is 42.3 Å². The minimum atomic E-state index is -0.761. The van der Waals surface area contributed by atoms with Crippen LogP contribution in [0.3, 0.4) is 0 Å². The first-order valence-corrected chi connectivity index (χ1v) is 7.80. The Labute approximate surface area is 120 Å². The molecule has 3 N–H and O–H groups in total. The summed E-state index contributed by atoms with van der Waals surface area (Å²) in [5, 5.41) is 8.71. The summed E-state index contributed by atoms with van der Waals surface area (Å²) in [6.45, 7) is 0.450. The van der Waals surface area contributed by atoms with Crippen molar-refractivity contribution in [1.29, 1.82) is 0 Å². The van der Waals surface area contributed by atoms with E-state index in [-0.39, 0.29) is 12.3 Å². The van der Waals surface area contributed by atoms with Gasteiger partial charge in [0, 0.05) is 16.6 Å². The normalized spacial score (nSPS) is 12.3. The number of carboxylic acids is 1. The summed E-state index contributed by atoms with van der Waals surface area (Å²) in [7, 11) is 0. The van der Waals surface area contributed by atoms with Crippen molar-refractivity contribution in [3.05, 3.63) is 34.3 Å². The SMILES string of the molecule is NCC(CCSCc1ccc(Br)cc1)CC(=O)O. The maximum Gasteiger partial charge on any atom is 0.303 e. The zero-order chi connectivity index (χ0) is 13.4. The van der Waals surface area contributed by atoms with Gasteiger partial charge in [0.15, 0.2) is 0 Å². The summed E-state index contributed by atoms with van der Waals surface area (Å²) in [6, 6.07) is 8.25. The molecule has 1 aromatic rings. The second kappa shape index (κ2) is 8.56. The van der Waals surface area contributed by atoms with Crippen molar-refractivity contribution >= 4 is 33.7 Å². The molecule has 0 radical (unpaired) electrons. The van der Waals surface area contributed by atoms with E-state index in [1.807, 2.05) is 23.9 Å². The molecule has 0 saturated heterocycles. The van der Waals surface area contributed by atoms with Gasteiger partial charge in [-0.3, -0.25) is 4.79 Å². The zero-order valence-corrected chi connectivity index (χ0v) is 12.5. The van der Waals surface area contributed by atoms with Crippen molar-refractivity contribution in [2.75, 3.05) is 12.3 Å². The molecular formula is C13H18BrNO2S. The number of carbonyl (C=O) groups is 1. The van der Waals surface area contributed by atoms with E-state index in [1.54, 1.807) is 0 Å². The van der Waals surface area contributed by atoms with Crippen LogP contribution in [-0.4, -0.2) is 23.4 Å². The Morgan fingerprint density at radius 2 is 2.06 bits per heavy atom. The standard InChI is InChI=1S/C13H18BrNO2S/c14-12-3-1-10(2-4-12)9-18-6-5-11(8-15)7-13(16)17/h1-4,11H,5-9,15H2,(H,16,17). The van der Waals surface area contributed by atoms with Gasteiger partial charge < -0.3 is 10.8 Å². The van der Waals surface area contributed by atoms with Crippen LogP contribution in [0.2, 0.25) is 0 Å². The van der Waals surface area contributed by atoms with E-state index in [9.17, 15) is 4.79 Å². The van der Waals surface area contributed by atoms with Gasteiger partial charge in [-0.2, -0.15) is 11.8 Å². The second-order valence-corrected chi connectivity index (χ2v) is 6.19. The van der Waals surface area contributed by atoms with Gasteiger partial charge in [0.1, 0.15) is 0 Å². The third-order valence-corrected chi connectivity index (χ3v) is 4.24. The Kier molecular flexibility index (Phi) is 7.39. The summed E-state index contributed by atoms with van der Waals surface area (Å²) in [4.78, 5) is 10.6. The maximum atomic E-state index is 10.6. The van der Waals surface area contributed by atoms with E-state index >= 15 is 0 Å². The number of hydrogen-bond acceptors (Lipinski definition) is 3. The van der Waals surface area contributed by atoms with Crippen molar-refractivity contribution in [2.24, 2.45) is 11.7 Å². The molecule has 0 saturated carbocycles. The van der Waals surface area contributed by atoms with Gasteiger partial charge in [-0.15, -0.1) is 0 Å². The molecular weight excluding hydrogens is 314 g/mol. The summed E-state index contributed by atoms with van der Waals surface area (Å²) in [5.74, 6) is 1.24. The number of rotatable bonds is 8. The monoisotopic (exact) mass is 331 g/mol. The molecule has 5 heteroatoms. The van der Waals surface area contributed by atoms with Crippen LogP contribution in [0.25, 0.3) is 0 Å². The van der Waals surface area contributed by atoms with Crippen molar-refractivity contribution in [2.45, 2.75) is 18.6 Å². The Morgan fingerprint density at radius 1 is 1.39 bits per heavy atom. The van der Waals surface area contributed by atoms with Gasteiger partial charge in [0.2, 0.25) is 0 Å². The lowest BCUT2D eigenvalue weighted by atomic mass is 10.0. The highest BCUT2D eigenvalue weighted by atomic mass is 79.9. The van der Waals surface area contributed by atoms with Crippen LogP contribution >= 0.6 is 27.7 Å². The number of carboxylic acid groups (broad SMARTS) is 1. The van der Waals surface area contributed by atoms with Crippen LogP contribution in [-0.2, 0) is 10.5 Å². The van der Waals surface area contributed by atoms with Crippen LogP contribution in [0.15, 0.2) is 28.7 Å². The highest BCUT2D eigenvalue weighted by Crippen LogP contribution is 2.18. The third kappa shape index (κ3) is 6.42. The summed E-state index contributed by atoms with van der Waals surface area (Å²) < 4.78 is 1.08. The lowest BCUT2D eigenvalue weighted by Gasteiger charge is -2.11. The lowest BCUT2D eigenvalue weighted by Crippen LogP contribution is -2.18. The molecule has 100 valence electrons. The number of benzene rings is 1. The highest BCUT2D eigenvalue weighted by molar-refractivity contribution is 9.10. The Hall–Kier alpha value is -0.520. The molecule has 0 spiro atoms. The smallest absolute Gasteiger partial charge is 0.303 e. The summed E-state index contributed by atoms with van der Waals surface area (Å²) in [6.07, 6.45) is 1.04. The fraction of sp³-hybridized carbons (Fsp3) is 0.462. The minimum Gasteiger partial charge on any atom is -0.481 e. The number of thioether (sulfide) groups is 1. The molecule has 18 heavy (non-hydrogen) atoms. The largest absolute Gasteiger partial charge is 0.481 e. The van der Waals surface area contributed by atoms with Gasteiger partial charge in [-0.25, -0.2) is 0 Å². The van der Waals surface area contributed by atoms with Gasteiger partial charge in [-0.1, -0.05) is 28.1 Å². The molecule has 1 atom stereocenters. The van der Waals surface area contributed by atoms with E-state index in [2.05, 4.69) is 28.1 Å². The van der Waals surface area contributed by atoms with Crippen molar-refractivity contribution in [3.8, 4) is 0 Å². The van der Waals surface area contributed by atoms with Crippen LogP contribution in [0.5, 0.6) is 0 Å². The van der Waals surface area contributed by atoms with Gasteiger partial charge >= 0.3 is 5.97 Å².